The Balaban J connectivity index is 1.42. The summed E-state index contributed by atoms with van der Waals surface area (Å²) in [4.78, 5) is 0. The molecule has 0 radical (unpaired) electrons. The van der Waals surface area contributed by atoms with E-state index in [1.807, 2.05) is 43.3 Å². The maximum atomic E-state index is 15.1. The first-order chi connectivity index (χ1) is 16.5. The highest BCUT2D eigenvalue weighted by atomic mass is 19.2. The van der Waals surface area contributed by atoms with Gasteiger partial charge in [-0.25, -0.2) is 13.2 Å². The summed E-state index contributed by atoms with van der Waals surface area (Å²) in [6.45, 7) is 4.15. The van der Waals surface area contributed by atoms with Crippen molar-refractivity contribution in [1.29, 1.82) is 0 Å². The zero-order valence-electron chi connectivity index (χ0n) is 20.3. The number of benzene rings is 3. The van der Waals surface area contributed by atoms with Gasteiger partial charge >= 0.3 is 0 Å². The van der Waals surface area contributed by atoms with Gasteiger partial charge < -0.3 is 0 Å². The fourth-order valence-corrected chi connectivity index (χ4v) is 5.45. The molecular weight excluding hydrogens is 429 g/mol. The van der Waals surface area contributed by atoms with Gasteiger partial charge in [0.15, 0.2) is 11.6 Å². The minimum absolute atomic E-state index is 0.121. The van der Waals surface area contributed by atoms with Crippen LogP contribution in [0.1, 0.15) is 80.5 Å². The van der Waals surface area contributed by atoms with Gasteiger partial charge in [-0.1, -0.05) is 75.2 Å². The van der Waals surface area contributed by atoms with Crippen molar-refractivity contribution in [2.45, 2.75) is 77.6 Å². The minimum atomic E-state index is -0.743. The number of hydrogen-bond acceptors (Lipinski definition) is 0. The number of hydrogen-bond donors (Lipinski definition) is 0. The van der Waals surface area contributed by atoms with Gasteiger partial charge in [0.05, 0.1) is 0 Å². The summed E-state index contributed by atoms with van der Waals surface area (Å²) in [5.41, 5.74) is 4.31. The maximum Gasteiger partial charge on any atom is 0.166 e. The van der Waals surface area contributed by atoms with Crippen LogP contribution in [0.4, 0.5) is 13.2 Å². The van der Waals surface area contributed by atoms with E-state index in [1.165, 1.54) is 12.8 Å². The zero-order valence-corrected chi connectivity index (χ0v) is 20.3. The average molecular weight is 465 g/mol. The van der Waals surface area contributed by atoms with Gasteiger partial charge in [0.2, 0.25) is 0 Å². The molecule has 3 heteroatoms. The topological polar surface area (TPSA) is 0 Å². The predicted octanol–water partition coefficient (Wildman–Crippen LogP) is 9.19. The molecule has 1 aliphatic rings. The molecule has 0 nitrogen and oxygen atoms in total. The molecule has 34 heavy (non-hydrogen) atoms. The number of aryl methyl sites for hydroxylation is 3. The van der Waals surface area contributed by atoms with E-state index in [2.05, 4.69) is 6.92 Å². The van der Waals surface area contributed by atoms with Crippen molar-refractivity contribution in [3.63, 3.8) is 0 Å². The zero-order chi connectivity index (χ0) is 24.1. The van der Waals surface area contributed by atoms with Crippen LogP contribution < -0.4 is 0 Å². The Labute approximate surface area is 202 Å². The Kier molecular flexibility index (Phi) is 8.13. The van der Waals surface area contributed by atoms with Crippen LogP contribution in [0.3, 0.4) is 0 Å². The molecule has 1 fully saturated rings. The van der Waals surface area contributed by atoms with Gasteiger partial charge in [0.1, 0.15) is 5.82 Å². The molecule has 0 amide bonds. The minimum Gasteiger partial charge on any atom is -0.207 e. The molecule has 0 unspecified atom stereocenters. The van der Waals surface area contributed by atoms with Crippen molar-refractivity contribution >= 4 is 0 Å². The van der Waals surface area contributed by atoms with Crippen LogP contribution in [-0.4, -0.2) is 0 Å². The average Bonchev–Trinajstić information content (AvgIpc) is 2.86. The molecule has 0 aromatic heterocycles. The van der Waals surface area contributed by atoms with Crippen molar-refractivity contribution in [2.75, 3.05) is 0 Å². The second-order valence-electron chi connectivity index (χ2n) is 9.81. The molecule has 3 aromatic rings. The standard InChI is InChI=1S/C31H35F3/c1-3-5-21-8-14-25(15-9-21)27-18-19-28(31(34)30(27)33)26-16-10-22(11-17-26)6-7-23-12-13-24(4-2)29(32)20-23/h10-13,16-21,25H,3-9,14-15H2,1-2H3. The lowest BCUT2D eigenvalue weighted by atomic mass is 9.77. The molecule has 180 valence electrons. The molecule has 4 rings (SSSR count). The van der Waals surface area contributed by atoms with Gasteiger partial charge in [0.25, 0.3) is 0 Å². The van der Waals surface area contributed by atoms with Crippen molar-refractivity contribution in [1.82, 2.24) is 0 Å². The van der Waals surface area contributed by atoms with Crippen LogP contribution in [0.5, 0.6) is 0 Å². The first-order valence-electron chi connectivity index (χ1n) is 12.8. The third kappa shape index (κ3) is 5.56. The van der Waals surface area contributed by atoms with E-state index in [1.54, 1.807) is 18.2 Å². The van der Waals surface area contributed by atoms with Crippen LogP contribution in [0.25, 0.3) is 11.1 Å². The summed E-state index contributed by atoms with van der Waals surface area (Å²) in [6.07, 6.45) is 8.72. The van der Waals surface area contributed by atoms with E-state index in [-0.39, 0.29) is 11.7 Å². The van der Waals surface area contributed by atoms with Crippen molar-refractivity contribution in [2.24, 2.45) is 5.92 Å². The highest BCUT2D eigenvalue weighted by Crippen LogP contribution is 2.40. The SMILES string of the molecule is CCCC1CCC(c2ccc(-c3ccc(CCc4ccc(CC)c(F)c4)cc3)c(F)c2F)CC1. The smallest absolute Gasteiger partial charge is 0.166 e. The van der Waals surface area contributed by atoms with Crippen molar-refractivity contribution in [3.8, 4) is 11.1 Å². The molecular formula is C31H35F3. The van der Waals surface area contributed by atoms with Gasteiger partial charge in [-0.2, -0.15) is 0 Å². The Morgan fingerprint density at radius 2 is 1.41 bits per heavy atom. The van der Waals surface area contributed by atoms with Gasteiger partial charge in [0, 0.05) is 5.56 Å². The van der Waals surface area contributed by atoms with E-state index in [0.717, 1.165) is 61.1 Å². The summed E-state index contributed by atoms with van der Waals surface area (Å²) in [5.74, 6) is -0.715. The largest absolute Gasteiger partial charge is 0.207 e. The van der Waals surface area contributed by atoms with Crippen molar-refractivity contribution < 1.29 is 13.2 Å². The summed E-state index contributed by atoms with van der Waals surface area (Å²) in [5, 5.41) is 0. The Bertz CT molecular complexity index is 1090. The van der Waals surface area contributed by atoms with Crippen LogP contribution in [0.15, 0.2) is 54.6 Å². The fraction of sp³-hybridized carbons (Fsp3) is 0.419. The number of halogens is 3. The summed E-state index contributed by atoms with van der Waals surface area (Å²) < 4.78 is 44.1. The second kappa shape index (κ2) is 11.3. The summed E-state index contributed by atoms with van der Waals surface area (Å²) >= 11 is 0. The number of rotatable bonds is 8. The van der Waals surface area contributed by atoms with E-state index < -0.39 is 11.6 Å². The fourth-order valence-electron chi connectivity index (χ4n) is 5.45. The molecule has 1 aliphatic carbocycles. The molecule has 0 bridgehead atoms. The molecule has 0 N–H and O–H groups in total. The van der Waals surface area contributed by atoms with Gasteiger partial charge in [-0.15, -0.1) is 0 Å². The highest BCUT2D eigenvalue weighted by Gasteiger charge is 2.26. The molecule has 1 saturated carbocycles. The molecule has 0 heterocycles. The monoisotopic (exact) mass is 464 g/mol. The first-order valence-corrected chi connectivity index (χ1v) is 12.8. The lowest BCUT2D eigenvalue weighted by molar-refractivity contribution is 0.303. The first kappa shape index (κ1) is 24.6. The second-order valence-corrected chi connectivity index (χ2v) is 9.81. The third-order valence-electron chi connectivity index (χ3n) is 7.56. The molecule has 3 aromatic carbocycles. The molecule has 0 atom stereocenters. The van der Waals surface area contributed by atoms with E-state index in [0.29, 0.717) is 23.1 Å². The summed E-state index contributed by atoms with van der Waals surface area (Å²) in [6, 6.07) is 16.6. The van der Waals surface area contributed by atoms with Gasteiger partial charge in [-0.3, -0.25) is 0 Å². The maximum absolute atomic E-state index is 15.1. The third-order valence-corrected chi connectivity index (χ3v) is 7.56. The summed E-state index contributed by atoms with van der Waals surface area (Å²) in [7, 11) is 0. The van der Waals surface area contributed by atoms with Gasteiger partial charge in [-0.05, 0) is 90.7 Å². The Morgan fingerprint density at radius 1 is 0.735 bits per heavy atom. The quantitative estimate of drug-likeness (QED) is 0.312. The van der Waals surface area contributed by atoms with E-state index >= 15 is 8.78 Å². The van der Waals surface area contributed by atoms with Crippen molar-refractivity contribution in [3.05, 3.63) is 94.3 Å². The lowest BCUT2D eigenvalue weighted by Gasteiger charge is -2.29. The van der Waals surface area contributed by atoms with Crippen LogP contribution >= 0.6 is 0 Å². The molecule has 0 aliphatic heterocycles. The van der Waals surface area contributed by atoms with Crippen LogP contribution in [0.2, 0.25) is 0 Å². The molecule has 0 spiro atoms. The molecule has 0 saturated heterocycles. The highest BCUT2D eigenvalue weighted by molar-refractivity contribution is 5.65. The normalized spacial score (nSPS) is 18.3. The lowest BCUT2D eigenvalue weighted by Crippen LogP contribution is -2.14. The van der Waals surface area contributed by atoms with Crippen LogP contribution in [0, 0.1) is 23.4 Å². The van der Waals surface area contributed by atoms with E-state index in [4.69, 9.17) is 0 Å². The predicted molar refractivity (Wildman–Crippen MR) is 135 cm³/mol. The Morgan fingerprint density at radius 3 is 2.06 bits per heavy atom. The van der Waals surface area contributed by atoms with E-state index in [9.17, 15) is 4.39 Å². The van der Waals surface area contributed by atoms with Crippen LogP contribution in [-0.2, 0) is 19.3 Å². The Hall–Kier alpha value is -2.55.